The Bertz CT molecular complexity index is 1010. The summed E-state index contributed by atoms with van der Waals surface area (Å²) < 4.78 is 13.1. The number of ether oxygens (including phenoxy) is 2. The first-order chi connectivity index (χ1) is 14.8. The minimum absolute atomic E-state index is 0.0745. The molecule has 0 radical (unpaired) electrons. The fourth-order valence-corrected chi connectivity index (χ4v) is 8.58. The number of aliphatic hydroxyl groups is 1. The smallest absolute Gasteiger partial charge is 0.165 e. The van der Waals surface area contributed by atoms with Crippen LogP contribution in [0.3, 0.4) is 0 Å². The van der Waals surface area contributed by atoms with Gasteiger partial charge in [-0.15, -0.1) is 0 Å². The molecule has 3 fully saturated rings. The number of hydrogen-bond donors (Lipinski definition) is 2. The second kappa shape index (κ2) is 5.49. The van der Waals surface area contributed by atoms with Crippen LogP contribution in [0.2, 0.25) is 0 Å². The van der Waals surface area contributed by atoms with Gasteiger partial charge in [0.05, 0.1) is 11.0 Å². The maximum absolute atomic E-state index is 11.3. The van der Waals surface area contributed by atoms with Crippen LogP contribution in [-0.2, 0) is 16.6 Å². The summed E-state index contributed by atoms with van der Waals surface area (Å²) >= 11 is 0. The number of phenolic OH excluding ortho intramolecular Hbond substituents is 1. The van der Waals surface area contributed by atoms with Gasteiger partial charge in [-0.1, -0.05) is 18.2 Å². The Hall–Kier alpha value is -1.56. The number of nitrogens with zero attached hydrogens (tertiary/aromatic N) is 1. The molecule has 2 N–H and O–H groups in total. The summed E-state index contributed by atoms with van der Waals surface area (Å²) in [6, 6.07) is 4.33. The maximum Gasteiger partial charge on any atom is 0.165 e. The maximum atomic E-state index is 11.3. The molecule has 5 heteroatoms. The third-order valence-electron chi connectivity index (χ3n) is 9.96. The molecule has 2 heterocycles. The minimum atomic E-state index is -0.897. The van der Waals surface area contributed by atoms with Crippen LogP contribution in [0.4, 0.5) is 0 Å². The average Bonchev–Trinajstić information content (AvgIpc) is 3.47. The number of likely N-dealkylation sites (tertiary alicyclic amines) is 1. The van der Waals surface area contributed by atoms with Crippen molar-refractivity contribution in [2.45, 2.75) is 74.7 Å². The van der Waals surface area contributed by atoms with Gasteiger partial charge < -0.3 is 19.7 Å². The Balaban J connectivity index is 1.51. The number of methoxy groups -OCH3 is 1. The monoisotopic (exact) mass is 423 g/mol. The highest BCUT2D eigenvalue weighted by Gasteiger charge is 2.80. The molecule has 0 aromatic heterocycles. The summed E-state index contributed by atoms with van der Waals surface area (Å²) in [7, 11) is 1.76. The van der Waals surface area contributed by atoms with Gasteiger partial charge in [0.25, 0.3) is 0 Å². The first-order valence-corrected chi connectivity index (χ1v) is 12.0. The number of aromatic hydroxyl groups is 1. The van der Waals surface area contributed by atoms with E-state index in [2.05, 4.69) is 23.1 Å². The van der Waals surface area contributed by atoms with Crippen LogP contribution in [0, 0.1) is 17.3 Å². The number of piperidine rings is 1. The number of benzene rings is 1. The van der Waals surface area contributed by atoms with E-state index >= 15 is 0 Å². The second-order valence-corrected chi connectivity index (χ2v) is 11.7. The Kier molecular flexibility index (Phi) is 3.36. The van der Waals surface area contributed by atoms with E-state index in [1.165, 1.54) is 30.5 Å². The van der Waals surface area contributed by atoms with Crippen molar-refractivity contribution in [2.24, 2.45) is 17.3 Å². The summed E-state index contributed by atoms with van der Waals surface area (Å²) in [5.41, 5.74) is 0.654. The van der Waals surface area contributed by atoms with Gasteiger partial charge in [0, 0.05) is 36.6 Å². The quantitative estimate of drug-likeness (QED) is 0.729. The summed E-state index contributed by atoms with van der Waals surface area (Å²) in [5, 5.41) is 22.1. The third-order valence-corrected chi connectivity index (χ3v) is 9.96. The molecule has 1 unspecified atom stereocenters. The Morgan fingerprint density at radius 3 is 2.77 bits per heavy atom. The molecule has 2 aliphatic heterocycles. The van der Waals surface area contributed by atoms with Crippen LogP contribution in [-0.4, -0.2) is 58.7 Å². The molecule has 2 spiro atoms. The van der Waals surface area contributed by atoms with Crippen LogP contribution in [0.15, 0.2) is 24.3 Å². The first kappa shape index (κ1) is 19.0. The first-order valence-electron chi connectivity index (χ1n) is 12.0. The summed E-state index contributed by atoms with van der Waals surface area (Å²) in [4.78, 5) is 2.75. The number of phenols is 1. The molecule has 8 rings (SSSR count). The van der Waals surface area contributed by atoms with Crippen molar-refractivity contribution in [1.82, 2.24) is 4.90 Å². The third kappa shape index (κ3) is 1.97. The Labute approximate surface area is 184 Å². The number of rotatable bonds is 4. The van der Waals surface area contributed by atoms with E-state index in [4.69, 9.17) is 9.47 Å². The molecule has 1 aromatic carbocycles. The molecule has 6 atom stereocenters. The van der Waals surface area contributed by atoms with E-state index in [-0.39, 0.29) is 28.6 Å². The zero-order chi connectivity index (χ0) is 21.4. The molecular formula is C26H33NO4. The highest BCUT2D eigenvalue weighted by atomic mass is 16.6. The van der Waals surface area contributed by atoms with E-state index in [9.17, 15) is 10.2 Å². The lowest BCUT2D eigenvalue weighted by Crippen LogP contribution is -2.80. The van der Waals surface area contributed by atoms with Crippen LogP contribution in [0.25, 0.3) is 0 Å². The van der Waals surface area contributed by atoms with Crippen molar-refractivity contribution in [3.05, 3.63) is 35.4 Å². The molecule has 5 aliphatic carbocycles. The molecule has 0 amide bonds. The Morgan fingerprint density at radius 2 is 2.06 bits per heavy atom. The Morgan fingerprint density at radius 1 is 1.26 bits per heavy atom. The van der Waals surface area contributed by atoms with E-state index in [0.29, 0.717) is 11.8 Å². The van der Waals surface area contributed by atoms with Crippen LogP contribution < -0.4 is 4.74 Å². The van der Waals surface area contributed by atoms with E-state index in [0.717, 1.165) is 31.7 Å². The SMILES string of the molecule is CO[C@@]12C=C[C@@]3(CC1C(C)(C)O)[C@H]1Cc4ccc(O)c5c4[C@@]3(CCN1CC1CC1)[C@H]2O5. The van der Waals surface area contributed by atoms with E-state index < -0.39 is 11.2 Å². The predicted octanol–water partition coefficient (Wildman–Crippen LogP) is 3.16. The predicted molar refractivity (Wildman–Crippen MR) is 116 cm³/mol. The number of fused-ring (bicyclic) bond motifs is 1. The summed E-state index contributed by atoms with van der Waals surface area (Å²) in [6.45, 7) is 6.09. The molecule has 4 bridgehead atoms. The molecule has 166 valence electrons. The normalized spacial score (nSPS) is 44.3. The molecular weight excluding hydrogens is 390 g/mol. The fraction of sp³-hybridized carbons (Fsp3) is 0.692. The van der Waals surface area contributed by atoms with Crippen molar-refractivity contribution in [3.8, 4) is 11.5 Å². The fourth-order valence-electron chi connectivity index (χ4n) is 8.58. The van der Waals surface area contributed by atoms with Crippen LogP contribution in [0.5, 0.6) is 11.5 Å². The standard InChI is InChI=1S/C26H33NO4/c1-23(2,29)18-13-24-8-9-26(18,30-3)22-25(24)10-11-27(14-15-4-5-15)19(24)12-16-6-7-17(28)21(31-22)20(16)25/h6-9,15,18-19,22,28-29H,4-5,10-14H2,1-3H3/t18?,19-,22-,24-,25+,26+/m1/s1. The van der Waals surface area contributed by atoms with Gasteiger partial charge in [0.15, 0.2) is 11.5 Å². The van der Waals surface area contributed by atoms with Gasteiger partial charge in [-0.25, -0.2) is 0 Å². The summed E-state index contributed by atoms with van der Waals surface area (Å²) in [6.07, 6.45) is 10.0. The van der Waals surface area contributed by atoms with E-state index in [1.54, 1.807) is 7.11 Å². The molecule has 1 saturated heterocycles. The molecule has 5 nitrogen and oxygen atoms in total. The lowest BCUT2D eigenvalue weighted by atomic mass is 9.36. The lowest BCUT2D eigenvalue weighted by molar-refractivity contribution is -0.245. The van der Waals surface area contributed by atoms with E-state index in [1.807, 2.05) is 19.9 Å². The van der Waals surface area contributed by atoms with Crippen molar-refractivity contribution >= 4 is 0 Å². The molecule has 31 heavy (non-hydrogen) atoms. The average molecular weight is 424 g/mol. The molecule has 7 aliphatic rings. The van der Waals surface area contributed by atoms with Crippen LogP contribution in [0.1, 0.15) is 50.7 Å². The van der Waals surface area contributed by atoms with Gasteiger partial charge in [-0.2, -0.15) is 0 Å². The molecule has 1 aromatic rings. The lowest BCUT2D eigenvalue weighted by Gasteiger charge is -2.72. The highest BCUT2D eigenvalue weighted by Crippen LogP contribution is 2.75. The van der Waals surface area contributed by atoms with Gasteiger partial charge >= 0.3 is 0 Å². The summed E-state index contributed by atoms with van der Waals surface area (Å²) in [5.74, 6) is 1.68. The van der Waals surface area contributed by atoms with Gasteiger partial charge in [-0.3, -0.25) is 4.90 Å². The minimum Gasteiger partial charge on any atom is -0.504 e. The topological polar surface area (TPSA) is 62.2 Å². The van der Waals surface area contributed by atoms with Crippen LogP contribution >= 0.6 is 0 Å². The number of hydrogen-bond acceptors (Lipinski definition) is 5. The van der Waals surface area contributed by atoms with Crippen molar-refractivity contribution < 1.29 is 19.7 Å². The zero-order valence-corrected chi connectivity index (χ0v) is 18.7. The second-order valence-electron chi connectivity index (χ2n) is 11.7. The van der Waals surface area contributed by atoms with Gasteiger partial charge in [-0.05, 0) is 70.0 Å². The van der Waals surface area contributed by atoms with Gasteiger partial charge in [0.1, 0.15) is 11.7 Å². The molecule has 2 saturated carbocycles. The van der Waals surface area contributed by atoms with Crippen molar-refractivity contribution in [2.75, 3.05) is 20.2 Å². The van der Waals surface area contributed by atoms with Crippen molar-refractivity contribution in [3.63, 3.8) is 0 Å². The zero-order valence-electron chi connectivity index (χ0n) is 18.7. The highest BCUT2D eigenvalue weighted by molar-refractivity contribution is 5.65. The van der Waals surface area contributed by atoms with Crippen molar-refractivity contribution in [1.29, 1.82) is 0 Å². The largest absolute Gasteiger partial charge is 0.504 e. The van der Waals surface area contributed by atoms with Gasteiger partial charge in [0.2, 0.25) is 0 Å².